The van der Waals surface area contributed by atoms with Crippen molar-refractivity contribution in [3.05, 3.63) is 76.0 Å². The van der Waals surface area contributed by atoms with Gasteiger partial charge < -0.3 is 10.6 Å². The fourth-order valence-corrected chi connectivity index (χ4v) is 4.17. The molecule has 0 saturated heterocycles. The minimum absolute atomic E-state index is 0.0835. The largest absolute Gasteiger partial charge is 0.353 e. The summed E-state index contributed by atoms with van der Waals surface area (Å²) in [6.07, 6.45) is 4.64. The van der Waals surface area contributed by atoms with Crippen LogP contribution in [0.15, 0.2) is 53.3 Å². The summed E-state index contributed by atoms with van der Waals surface area (Å²) in [4.78, 5) is 42.5. The summed E-state index contributed by atoms with van der Waals surface area (Å²) < 4.78 is 14.5. The third kappa shape index (κ3) is 5.83. The van der Waals surface area contributed by atoms with E-state index >= 15 is 0 Å². The predicted molar refractivity (Wildman–Crippen MR) is 123 cm³/mol. The van der Waals surface area contributed by atoms with Gasteiger partial charge in [0, 0.05) is 25.4 Å². The van der Waals surface area contributed by atoms with Crippen molar-refractivity contribution in [1.82, 2.24) is 20.2 Å². The second kappa shape index (κ2) is 10.4. The number of hydrogen-bond acceptors (Lipinski definition) is 4. The van der Waals surface area contributed by atoms with Crippen molar-refractivity contribution in [2.45, 2.75) is 57.7 Å². The lowest BCUT2D eigenvalue weighted by Gasteiger charge is -2.14. The second-order valence-electron chi connectivity index (χ2n) is 8.39. The highest BCUT2D eigenvalue weighted by atomic mass is 19.1. The Balaban J connectivity index is 1.47. The summed E-state index contributed by atoms with van der Waals surface area (Å²) in [7, 11) is 0. The van der Waals surface area contributed by atoms with E-state index in [4.69, 9.17) is 0 Å². The first-order valence-corrected chi connectivity index (χ1v) is 11.3. The van der Waals surface area contributed by atoms with Crippen LogP contribution in [0.3, 0.4) is 0 Å². The molecular formula is C25H27FN4O3. The SMILES string of the molecule is O=C(Cn1c(=O)c(CCC(=O)NC2CCCC2)nc2ccccc21)NCc1ccc(F)cc1. The number of amides is 2. The van der Waals surface area contributed by atoms with Gasteiger partial charge in [-0.15, -0.1) is 0 Å². The summed E-state index contributed by atoms with van der Waals surface area (Å²) in [5, 5.41) is 5.79. The molecule has 172 valence electrons. The highest BCUT2D eigenvalue weighted by molar-refractivity contribution is 5.80. The topological polar surface area (TPSA) is 93.1 Å². The quantitative estimate of drug-likeness (QED) is 0.552. The molecule has 0 aliphatic heterocycles. The Labute approximate surface area is 191 Å². The lowest BCUT2D eigenvalue weighted by atomic mass is 10.2. The smallest absolute Gasteiger partial charge is 0.273 e. The molecule has 0 bridgehead atoms. The first kappa shape index (κ1) is 22.6. The van der Waals surface area contributed by atoms with Gasteiger partial charge in [0.2, 0.25) is 11.8 Å². The minimum Gasteiger partial charge on any atom is -0.353 e. The Morgan fingerprint density at radius 1 is 1.03 bits per heavy atom. The molecule has 2 N–H and O–H groups in total. The van der Waals surface area contributed by atoms with E-state index in [1.807, 2.05) is 6.07 Å². The molecule has 7 nitrogen and oxygen atoms in total. The maximum absolute atomic E-state index is 13.1. The van der Waals surface area contributed by atoms with Gasteiger partial charge in [0.15, 0.2) is 0 Å². The third-order valence-corrected chi connectivity index (χ3v) is 5.93. The van der Waals surface area contributed by atoms with Crippen LogP contribution in [0.25, 0.3) is 11.0 Å². The Kier molecular flexibility index (Phi) is 7.12. The van der Waals surface area contributed by atoms with E-state index in [1.165, 1.54) is 16.7 Å². The first-order valence-electron chi connectivity index (χ1n) is 11.3. The van der Waals surface area contributed by atoms with Crippen molar-refractivity contribution in [3.63, 3.8) is 0 Å². The molecule has 1 saturated carbocycles. The van der Waals surface area contributed by atoms with Crippen LogP contribution in [0.2, 0.25) is 0 Å². The normalized spacial score (nSPS) is 13.8. The molecule has 1 aromatic heterocycles. The van der Waals surface area contributed by atoms with E-state index < -0.39 is 0 Å². The van der Waals surface area contributed by atoms with Crippen molar-refractivity contribution >= 4 is 22.8 Å². The summed E-state index contributed by atoms with van der Waals surface area (Å²) in [6, 6.07) is 13.2. The van der Waals surface area contributed by atoms with Gasteiger partial charge in [-0.25, -0.2) is 9.37 Å². The van der Waals surface area contributed by atoms with Crippen LogP contribution in [0.1, 0.15) is 43.4 Å². The summed E-state index contributed by atoms with van der Waals surface area (Å²) in [5.74, 6) is -0.771. The standard InChI is InChI=1S/C25H27FN4O3/c26-18-11-9-17(10-12-18)15-27-24(32)16-30-22-8-4-3-7-20(22)29-21(25(30)33)13-14-23(31)28-19-5-1-2-6-19/h3-4,7-12,19H,1-2,5-6,13-16H2,(H,27,32)(H,28,31). The average Bonchev–Trinajstić information content (AvgIpc) is 3.32. The number of aryl methyl sites for hydroxylation is 1. The van der Waals surface area contributed by atoms with Gasteiger partial charge >= 0.3 is 0 Å². The van der Waals surface area contributed by atoms with E-state index in [-0.39, 0.29) is 60.9 Å². The van der Waals surface area contributed by atoms with E-state index in [2.05, 4.69) is 15.6 Å². The molecule has 3 aromatic rings. The van der Waals surface area contributed by atoms with Crippen LogP contribution in [-0.2, 0) is 29.1 Å². The van der Waals surface area contributed by atoms with Crippen LogP contribution in [-0.4, -0.2) is 27.4 Å². The van der Waals surface area contributed by atoms with Crippen LogP contribution in [0.5, 0.6) is 0 Å². The number of rotatable bonds is 8. The molecule has 1 aliphatic rings. The number of aromatic nitrogens is 2. The number of carbonyl (C=O) groups is 2. The number of halogens is 1. The van der Waals surface area contributed by atoms with Crippen molar-refractivity contribution < 1.29 is 14.0 Å². The second-order valence-corrected chi connectivity index (χ2v) is 8.39. The summed E-state index contributed by atoms with van der Waals surface area (Å²) in [6.45, 7) is 0.0510. The van der Waals surface area contributed by atoms with Crippen molar-refractivity contribution in [2.75, 3.05) is 0 Å². The van der Waals surface area contributed by atoms with Crippen LogP contribution in [0, 0.1) is 5.82 Å². The van der Waals surface area contributed by atoms with E-state index in [0.29, 0.717) is 11.0 Å². The molecule has 1 heterocycles. The molecule has 8 heteroatoms. The Morgan fingerprint density at radius 2 is 1.76 bits per heavy atom. The number of benzene rings is 2. The lowest BCUT2D eigenvalue weighted by Crippen LogP contribution is -2.35. The van der Waals surface area contributed by atoms with Gasteiger partial charge in [0.25, 0.3) is 5.56 Å². The zero-order chi connectivity index (χ0) is 23.2. The zero-order valence-corrected chi connectivity index (χ0v) is 18.4. The van der Waals surface area contributed by atoms with E-state index in [9.17, 15) is 18.8 Å². The molecule has 4 rings (SSSR count). The predicted octanol–water partition coefficient (Wildman–Crippen LogP) is 2.84. The van der Waals surface area contributed by atoms with Crippen molar-refractivity contribution in [1.29, 1.82) is 0 Å². The third-order valence-electron chi connectivity index (χ3n) is 5.93. The van der Waals surface area contributed by atoms with Gasteiger partial charge in [-0.2, -0.15) is 0 Å². The van der Waals surface area contributed by atoms with Gasteiger partial charge in [0.1, 0.15) is 18.1 Å². The number of carbonyl (C=O) groups excluding carboxylic acids is 2. The maximum atomic E-state index is 13.1. The van der Waals surface area contributed by atoms with Gasteiger partial charge in [-0.1, -0.05) is 37.1 Å². The number of para-hydroxylation sites is 2. The van der Waals surface area contributed by atoms with E-state index in [0.717, 1.165) is 31.2 Å². The number of nitrogens with one attached hydrogen (secondary N) is 2. The average molecular weight is 451 g/mol. The fourth-order valence-electron chi connectivity index (χ4n) is 4.17. The molecule has 1 fully saturated rings. The van der Waals surface area contributed by atoms with Crippen molar-refractivity contribution in [2.24, 2.45) is 0 Å². The highest BCUT2D eigenvalue weighted by Crippen LogP contribution is 2.18. The number of hydrogen-bond donors (Lipinski definition) is 2. The van der Waals surface area contributed by atoms with Crippen LogP contribution < -0.4 is 16.2 Å². The van der Waals surface area contributed by atoms with Crippen LogP contribution >= 0.6 is 0 Å². The molecule has 0 radical (unpaired) electrons. The molecule has 0 spiro atoms. The number of fused-ring (bicyclic) bond motifs is 1. The monoisotopic (exact) mass is 450 g/mol. The lowest BCUT2D eigenvalue weighted by molar-refractivity contribution is -0.122. The fraction of sp³-hybridized carbons (Fsp3) is 0.360. The summed E-state index contributed by atoms with van der Waals surface area (Å²) in [5.41, 5.74) is 1.79. The number of nitrogens with zero attached hydrogens (tertiary/aromatic N) is 2. The maximum Gasteiger partial charge on any atom is 0.273 e. The van der Waals surface area contributed by atoms with Gasteiger partial charge in [-0.05, 0) is 42.7 Å². The van der Waals surface area contributed by atoms with E-state index in [1.54, 1.807) is 30.3 Å². The molecule has 2 amide bonds. The zero-order valence-electron chi connectivity index (χ0n) is 18.4. The molecule has 1 aliphatic carbocycles. The van der Waals surface area contributed by atoms with Gasteiger partial charge in [-0.3, -0.25) is 19.0 Å². The van der Waals surface area contributed by atoms with Crippen LogP contribution in [0.4, 0.5) is 4.39 Å². The Bertz CT molecular complexity index is 1200. The molecule has 2 aromatic carbocycles. The van der Waals surface area contributed by atoms with Gasteiger partial charge in [0.05, 0.1) is 11.0 Å². The minimum atomic E-state index is -0.376. The molecule has 33 heavy (non-hydrogen) atoms. The highest BCUT2D eigenvalue weighted by Gasteiger charge is 2.18. The molecule has 0 atom stereocenters. The Morgan fingerprint density at radius 3 is 2.52 bits per heavy atom. The Hall–Kier alpha value is -3.55. The molecular weight excluding hydrogens is 423 g/mol. The summed E-state index contributed by atoms with van der Waals surface area (Å²) >= 11 is 0. The molecule has 0 unspecified atom stereocenters. The first-order chi connectivity index (χ1) is 16.0. The van der Waals surface area contributed by atoms with Crippen molar-refractivity contribution in [3.8, 4) is 0 Å².